The average Bonchev–Trinajstić information content (AvgIpc) is 3.26. The van der Waals surface area contributed by atoms with Gasteiger partial charge in [0.15, 0.2) is 0 Å². The lowest BCUT2D eigenvalue weighted by Gasteiger charge is -2.11. The number of aryl methyl sites for hydroxylation is 2. The van der Waals surface area contributed by atoms with Crippen LogP contribution in [0.3, 0.4) is 0 Å². The first-order valence-electron chi connectivity index (χ1n) is 10.9. The Morgan fingerprint density at radius 1 is 0.970 bits per heavy atom. The van der Waals surface area contributed by atoms with Crippen molar-refractivity contribution in [2.24, 2.45) is 0 Å². The van der Waals surface area contributed by atoms with E-state index >= 15 is 0 Å². The monoisotopic (exact) mass is 432 g/mol. The van der Waals surface area contributed by atoms with Crippen molar-refractivity contribution in [3.8, 4) is 11.3 Å². The van der Waals surface area contributed by atoms with Crippen LogP contribution >= 0.6 is 0 Å². The second kappa shape index (κ2) is 8.71. The second-order valence-electron chi connectivity index (χ2n) is 8.24. The van der Waals surface area contributed by atoms with Crippen molar-refractivity contribution in [2.45, 2.75) is 20.3 Å². The minimum Gasteiger partial charge on any atom is -0.322 e. The number of pyridine rings is 2. The van der Waals surface area contributed by atoms with Gasteiger partial charge in [-0.25, -0.2) is 4.98 Å². The predicted molar refractivity (Wildman–Crippen MR) is 132 cm³/mol. The minimum absolute atomic E-state index is 0.128. The van der Waals surface area contributed by atoms with E-state index in [0.717, 1.165) is 45.0 Å². The summed E-state index contributed by atoms with van der Waals surface area (Å²) in [6, 6.07) is 23.6. The largest absolute Gasteiger partial charge is 0.322 e. The van der Waals surface area contributed by atoms with Gasteiger partial charge in [-0.05, 0) is 61.4 Å². The molecule has 3 aromatic heterocycles. The minimum atomic E-state index is -0.128. The van der Waals surface area contributed by atoms with Crippen LogP contribution in [0.15, 0.2) is 91.4 Å². The van der Waals surface area contributed by atoms with Crippen LogP contribution in [0, 0.1) is 13.8 Å². The van der Waals surface area contributed by atoms with E-state index in [1.54, 1.807) is 6.20 Å². The van der Waals surface area contributed by atoms with E-state index in [1.807, 2.05) is 84.4 Å². The Morgan fingerprint density at radius 3 is 2.58 bits per heavy atom. The normalized spacial score (nSPS) is 11.0. The highest BCUT2D eigenvalue weighted by Crippen LogP contribution is 2.23. The molecule has 33 heavy (non-hydrogen) atoms. The fourth-order valence-electron chi connectivity index (χ4n) is 4.00. The third-order valence-electron chi connectivity index (χ3n) is 5.72. The number of carbonyl (C=O) groups is 1. The first kappa shape index (κ1) is 20.6. The van der Waals surface area contributed by atoms with Gasteiger partial charge in [-0.15, -0.1) is 0 Å². The van der Waals surface area contributed by atoms with Crippen molar-refractivity contribution in [3.63, 3.8) is 0 Å². The second-order valence-corrected chi connectivity index (χ2v) is 8.24. The maximum absolute atomic E-state index is 13.1. The van der Waals surface area contributed by atoms with E-state index in [0.29, 0.717) is 12.0 Å². The molecule has 0 atom stereocenters. The molecule has 0 aliphatic carbocycles. The molecular weight excluding hydrogens is 408 g/mol. The number of imidazole rings is 1. The zero-order chi connectivity index (χ0) is 22.8. The Balaban J connectivity index is 1.36. The number of hydrogen-bond donors (Lipinski definition) is 1. The van der Waals surface area contributed by atoms with Gasteiger partial charge in [-0.3, -0.25) is 9.78 Å². The molecule has 0 saturated heterocycles. The fourth-order valence-corrected chi connectivity index (χ4v) is 4.00. The average molecular weight is 433 g/mol. The standard InChI is InChI=1S/C28H24N4O/c1-19-8-13-25(22(16-19)17-24-7-3-4-14-29-24)28(33)30-23-11-9-21(10-12-23)26-18-32-15-5-6-20(2)27(32)31-26/h3-16,18H,17H2,1-2H3,(H,30,33). The van der Waals surface area contributed by atoms with Crippen molar-refractivity contribution >= 4 is 17.2 Å². The molecule has 0 fully saturated rings. The molecule has 0 aliphatic rings. The Hall–Kier alpha value is -4.25. The van der Waals surface area contributed by atoms with Gasteiger partial charge in [-0.1, -0.05) is 42.0 Å². The first-order valence-corrected chi connectivity index (χ1v) is 10.9. The van der Waals surface area contributed by atoms with Crippen LogP contribution in [0.5, 0.6) is 0 Å². The van der Waals surface area contributed by atoms with Crippen LogP contribution in [0.2, 0.25) is 0 Å². The first-order chi connectivity index (χ1) is 16.1. The zero-order valence-electron chi connectivity index (χ0n) is 18.6. The lowest BCUT2D eigenvalue weighted by atomic mass is 9.99. The fraction of sp³-hybridized carbons (Fsp3) is 0.107. The predicted octanol–water partition coefficient (Wildman–Crippen LogP) is 5.86. The van der Waals surface area contributed by atoms with Gasteiger partial charge in [0.2, 0.25) is 0 Å². The molecule has 0 unspecified atom stereocenters. The van der Waals surface area contributed by atoms with Gasteiger partial charge >= 0.3 is 0 Å². The highest BCUT2D eigenvalue weighted by Gasteiger charge is 2.13. The Kier molecular flexibility index (Phi) is 5.45. The number of hydrogen-bond acceptors (Lipinski definition) is 3. The molecule has 0 aliphatic heterocycles. The molecule has 1 N–H and O–H groups in total. The maximum atomic E-state index is 13.1. The van der Waals surface area contributed by atoms with Crippen molar-refractivity contribution in [1.82, 2.24) is 14.4 Å². The number of benzene rings is 2. The quantitative estimate of drug-likeness (QED) is 0.379. The number of anilines is 1. The molecule has 3 heterocycles. The highest BCUT2D eigenvalue weighted by atomic mass is 16.1. The number of carbonyl (C=O) groups excluding carboxylic acids is 1. The topological polar surface area (TPSA) is 59.3 Å². The molecule has 5 rings (SSSR count). The number of nitrogens with one attached hydrogen (secondary N) is 1. The molecule has 0 saturated carbocycles. The van der Waals surface area contributed by atoms with Gasteiger partial charge < -0.3 is 9.72 Å². The molecule has 0 bridgehead atoms. The van der Waals surface area contributed by atoms with Gasteiger partial charge in [-0.2, -0.15) is 0 Å². The van der Waals surface area contributed by atoms with Crippen molar-refractivity contribution in [1.29, 1.82) is 0 Å². The Morgan fingerprint density at radius 2 is 1.82 bits per heavy atom. The van der Waals surface area contributed by atoms with Crippen molar-refractivity contribution in [2.75, 3.05) is 5.32 Å². The van der Waals surface area contributed by atoms with Gasteiger partial charge in [0, 0.05) is 47.5 Å². The number of fused-ring (bicyclic) bond motifs is 1. The third-order valence-corrected chi connectivity index (χ3v) is 5.72. The Bertz CT molecular complexity index is 1440. The van der Waals surface area contributed by atoms with Crippen LogP contribution in [0.25, 0.3) is 16.9 Å². The molecule has 0 radical (unpaired) electrons. The van der Waals surface area contributed by atoms with Gasteiger partial charge in [0.1, 0.15) is 5.65 Å². The lowest BCUT2D eigenvalue weighted by molar-refractivity contribution is 0.102. The van der Waals surface area contributed by atoms with Crippen LogP contribution in [-0.2, 0) is 6.42 Å². The summed E-state index contributed by atoms with van der Waals surface area (Å²) >= 11 is 0. The van der Waals surface area contributed by atoms with E-state index in [1.165, 1.54) is 0 Å². The summed E-state index contributed by atoms with van der Waals surface area (Å²) in [4.78, 5) is 22.3. The third kappa shape index (κ3) is 4.39. The Labute approximate surface area is 192 Å². The zero-order valence-corrected chi connectivity index (χ0v) is 18.6. The van der Waals surface area contributed by atoms with E-state index < -0.39 is 0 Å². The molecule has 162 valence electrons. The van der Waals surface area contributed by atoms with Crippen molar-refractivity contribution in [3.05, 3.63) is 119 Å². The summed E-state index contributed by atoms with van der Waals surface area (Å²) in [5.41, 5.74) is 8.40. The van der Waals surface area contributed by atoms with E-state index in [9.17, 15) is 4.79 Å². The highest BCUT2D eigenvalue weighted by molar-refractivity contribution is 6.05. The summed E-state index contributed by atoms with van der Waals surface area (Å²) in [5.74, 6) is -0.128. The molecule has 1 amide bonds. The maximum Gasteiger partial charge on any atom is 0.255 e. The molecule has 0 spiro atoms. The van der Waals surface area contributed by atoms with Crippen molar-refractivity contribution < 1.29 is 4.79 Å². The number of rotatable bonds is 5. The van der Waals surface area contributed by atoms with E-state index in [2.05, 4.69) is 29.4 Å². The van der Waals surface area contributed by atoms with Crippen LogP contribution < -0.4 is 5.32 Å². The SMILES string of the molecule is Cc1ccc(C(=O)Nc2ccc(-c3cn4cccc(C)c4n3)cc2)c(Cc2ccccn2)c1. The lowest BCUT2D eigenvalue weighted by Crippen LogP contribution is -2.15. The number of amides is 1. The number of aromatic nitrogens is 3. The van der Waals surface area contributed by atoms with Gasteiger partial charge in [0.05, 0.1) is 5.69 Å². The molecule has 5 aromatic rings. The van der Waals surface area contributed by atoms with Crippen LogP contribution in [0.1, 0.15) is 32.7 Å². The van der Waals surface area contributed by atoms with Crippen LogP contribution in [-0.4, -0.2) is 20.3 Å². The molecule has 5 heteroatoms. The molecular formula is C28H24N4O. The van der Waals surface area contributed by atoms with E-state index in [4.69, 9.17) is 4.98 Å². The summed E-state index contributed by atoms with van der Waals surface area (Å²) in [7, 11) is 0. The number of nitrogens with zero attached hydrogens (tertiary/aromatic N) is 3. The summed E-state index contributed by atoms with van der Waals surface area (Å²) in [5, 5.41) is 3.03. The van der Waals surface area contributed by atoms with Crippen LogP contribution in [0.4, 0.5) is 5.69 Å². The summed E-state index contributed by atoms with van der Waals surface area (Å²) < 4.78 is 2.03. The smallest absolute Gasteiger partial charge is 0.255 e. The van der Waals surface area contributed by atoms with E-state index in [-0.39, 0.29) is 5.91 Å². The van der Waals surface area contributed by atoms with Gasteiger partial charge in [0.25, 0.3) is 5.91 Å². The summed E-state index contributed by atoms with van der Waals surface area (Å²) in [6.45, 7) is 4.08. The summed E-state index contributed by atoms with van der Waals surface area (Å²) in [6.07, 6.45) is 6.40. The molecule has 2 aromatic carbocycles. The molecule has 5 nitrogen and oxygen atoms in total.